The van der Waals surface area contributed by atoms with E-state index in [0.29, 0.717) is 23.8 Å². The molecule has 0 fully saturated rings. The summed E-state index contributed by atoms with van der Waals surface area (Å²) in [4.78, 5) is 5.21. The number of benzene rings is 3. The van der Waals surface area contributed by atoms with Crippen molar-refractivity contribution in [3.05, 3.63) is 93.5 Å². The van der Waals surface area contributed by atoms with E-state index >= 15 is 0 Å². The molecule has 2 unspecified atom stereocenters. The molecule has 5 nitrogen and oxygen atoms in total. The van der Waals surface area contributed by atoms with Crippen molar-refractivity contribution in [3.63, 3.8) is 0 Å². The molecule has 3 aromatic rings. The minimum atomic E-state index is -0.732. The van der Waals surface area contributed by atoms with Gasteiger partial charge < -0.3 is 15.2 Å². The molecule has 214 valence electrons. The van der Waals surface area contributed by atoms with E-state index in [1.54, 1.807) is 6.07 Å². The molecule has 0 spiro atoms. The number of rotatable bonds is 11. The first-order chi connectivity index (χ1) is 19.0. The van der Waals surface area contributed by atoms with E-state index in [9.17, 15) is 5.11 Å². The van der Waals surface area contributed by atoms with Crippen LogP contribution in [0.5, 0.6) is 11.5 Å². The van der Waals surface area contributed by atoms with Gasteiger partial charge in [0.2, 0.25) is 0 Å². The monoisotopic (exact) mass is 541 g/mol. The van der Waals surface area contributed by atoms with E-state index in [0.717, 1.165) is 17.5 Å². The quantitative estimate of drug-likeness (QED) is 0.215. The van der Waals surface area contributed by atoms with E-state index in [-0.39, 0.29) is 5.75 Å². The molecule has 0 amide bonds. The molecule has 40 heavy (non-hydrogen) atoms. The fourth-order valence-corrected chi connectivity index (χ4v) is 6.03. The second-order valence-corrected chi connectivity index (χ2v) is 11.8. The number of ether oxygens (including phenoxy) is 1. The number of phenols is 1. The van der Waals surface area contributed by atoms with Crippen LogP contribution in [0, 0.1) is 27.7 Å². The Kier molecular flexibility index (Phi) is 9.25. The third-order valence-electron chi connectivity index (χ3n) is 8.02. The molecular weight excluding hydrogens is 494 g/mol. The summed E-state index contributed by atoms with van der Waals surface area (Å²) in [7, 11) is 0. The summed E-state index contributed by atoms with van der Waals surface area (Å²) >= 11 is 0. The molecule has 1 aliphatic heterocycles. The number of aryl methyl sites for hydroxylation is 4. The predicted octanol–water partition coefficient (Wildman–Crippen LogP) is 8.05. The van der Waals surface area contributed by atoms with Gasteiger partial charge in [-0.3, -0.25) is 5.32 Å². The summed E-state index contributed by atoms with van der Waals surface area (Å²) in [5, 5.41) is 18.7. The van der Waals surface area contributed by atoms with Gasteiger partial charge in [-0.05, 0) is 82.3 Å². The van der Waals surface area contributed by atoms with Crippen LogP contribution >= 0.6 is 0 Å². The van der Waals surface area contributed by atoms with Gasteiger partial charge in [0, 0.05) is 6.07 Å². The summed E-state index contributed by atoms with van der Waals surface area (Å²) in [6.07, 6.45) is 7.29. The summed E-state index contributed by atoms with van der Waals surface area (Å²) in [5.41, 5.74) is 6.33. The third-order valence-corrected chi connectivity index (χ3v) is 8.02. The largest absolute Gasteiger partial charge is 0.507 e. The van der Waals surface area contributed by atoms with Crippen LogP contribution in [0.2, 0.25) is 0 Å². The lowest BCUT2D eigenvalue weighted by atomic mass is 9.88. The number of hydrogen-bond acceptors (Lipinski definition) is 5. The Bertz CT molecular complexity index is 1360. The molecule has 3 aromatic carbocycles. The molecule has 0 radical (unpaired) electrons. The van der Waals surface area contributed by atoms with Gasteiger partial charge in [0.05, 0.1) is 12.2 Å². The molecule has 0 bridgehead atoms. The number of amidine groups is 1. The Balaban J connectivity index is 1.66. The van der Waals surface area contributed by atoms with Crippen molar-refractivity contribution in [1.82, 2.24) is 10.6 Å². The topological polar surface area (TPSA) is 65.9 Å². The maximum absolute atomic E-state index is 11.2. The number of hydrogen-bond donors (Lipinski definition) is 3. The summed E-state index contributed by atoms with van der Waals surface area (Å²) < 4.78 is 5.98. The minimum Gasteiger partial charge on any atom is -0.507 e. The number of nitrogens with zero attached hydrogens (tertiary/aromatic N) is 1. The minimum absolute atomic E-state index is 0.152. The number of unbranched alkanes of at least 4 members (excludes halogenated alkanes) is 5. The zero-order valence-corrected chi connectivity index (χ0v) is 25.4. The standard InChI is InChI=1S/C35H47N3O2/c1-8-9-10-11-12-13-20-40-28-16-17-29(32(39)23-28)33-36-34(6,30-18-14-24(2)21-26(30)4)38-35(7,37-33)31-19-15-25(3)22-27(31)5/h14-19,21-23,38-39H,8-13,20H2,1-7H3,(H,36,37). The molecular formula is C35H47N3O2. The molecule has 0 aromatic heterocycles. The van der Waals surface area contributed by atoms with Crippen LogP contribution in [0.1, 0.15) is 98.2 Å². The zero-order chi connectivity index (χ0) is 28.9. The molecule has 5 heteroatoms. The van der Waals surface area contributed by atoms with Gasteiger partial charge in [-0.25, -0.2) is 4.99 Å². The number of aromatic hydroxyl groups is 1. The summed E-state index contributed by atoms with van der Waals surface area (Å²) in [5.74, 6) is 1.47. The lowest BCUT2D eigenvalue weighted by Gasteiger charge is -2.46. The molecule has 0 saturated carbocycles. The molecule has 4 rings (SSSR count). The van der Waals surface area contributed by atoms with Crippen molar-refractivity contribution >= 4 is 5.84 Å². The van der Waals surface area contributed by atoms with Gasteiger partial charge in [0.15, 0.2) is 0 Å². The zero-order valence-electron chi connectivity index (χ0n) is 25.4. The first kappa shape index (κ1) is 29.7. The van der Waals surface area contributed by atoms with Crippen LogP contribution in [0.4, 0.5) is 0 Å². The maximum atomic E-state index is 11.2. The highest BCUT2D eigenvalue weighted by atomic mass is 16.5. The second kappa shape index (κ2) is 12.5. The Morgan fingerprint density at radius 2 is 1.40 bits per heavy atom. The molecule has 1 aliphatic rings. The molecule has 2 atom stereocenters. The van der Waals surface area contributed by atoms with Gasteiger partial charge in [-0.2, -0.15) is 0 Å². The average molecular weight is 542 g/mol. The van der Waals surface area contributed by atoms with E-state index in [1.165, 1.54) is 54.4 Å². The van der Waals surface area contributed by atoms with Crippen LogP contribution in [-0.2, 0) is 11.3 Å². The van der Waals surface area contributed by atoms with E-state index < -0.39 is 11.3 Å². The van der Waals surface area contributed by atoms with Crippen molar-refractivity contribution in [2.45, 2.75) is 98.3 Å². The van der Waals surface area contributed by atoms with E-state index in [2.05, 4.69) is 95.5 Å². The van der Waals surface area contributed by atoms with Crippen molar-refractivity contribution < 1.29 is 9.84 Å². The van der Waals surface area contributed by atoms with Crippen molar-refractivity contribution in [1.29, 1.82) is 0 Å². The highest BCUT2D eigenvalue weighted by Crippen LogP contribution is 2.37. The summed E-state index contributed by atoms with van der Waals surface area (Å²) in [6.45, 7) is 15.7. The Hall–Kier alpha value is -3.31. The average Bonchev–Trinajstić information content (AvgIpc) is 2.87. The Labute approximate surface area is 241 Å². The molecule has 0 aliphatic carbocycles. The van der Waals surface area contributed by atoms with Gasteiger partial charge >= 0.3 is 0 Å². The smallest absolute Gasteiger partial charge is 0.138 e. The van der Waals surface area contributed by atoms with Gasteiger partial charge in [0.25, 0.3) is 0 Å². The number of aliphatic imine (C=N–C) groups is 1. The van der Waals surface area contributed by atoms with Crippen LogP contribution in [-0.4, -0.2) is 17.5 Å². The lowest BCUT2D eigenvalue weighted by Crippen LogP contribution is -2.64. The van der Waals surface area contributed by atoms with Gasteiger partial charge in [-0.1, -0.05) is 86.6 Å². The number of phenolic OH excluding ortho intramolecular Hbond substituents is 1. The van der Waals surface area contributed by atoms with Crippen molar-refractivity contribution in [2.24, 2.45) is 4.99 Å². The fraction of sp³-hybridized carbons (Fsp3) is 0.457. The summed E-state index contributed by atoms with van der Waals surface area (Å²) in [6, 6.07) is 18.6. The van der Waals surface area contributed by atoms with Crippen LogP contribution in [0.15, 0.2) is 59.6 Å². The SMILES string of the molecule is CCCCCCCCOc1ccc(C2=NC(C)(c3ccc(C)cc3C)NC(C)(c3ccc(C)cc3C)N2)c(O)c1. The predicted molar refractivity (Wildman–Crippen MR) is 166 cm³/mol. The molecule has 0 saturated heterocycles. The molecule has 1 heterocycles. The first-order valence-electron chi connectivity index (χ1n) is 14.8. The Morgan fingerprint density at radius 1 is 0.775 bits per heavy atom. The second-order valence-electron chi connectivity index (χ2n) is 11.8. The maximum Gasteiger partial charge on any atom is 0.138 e. The van der Waals surface area contributed by atoms with Crippen molar-refractivity contribution in [2.75, 3.05) is 6.61 Å². The van der Waals surface area contributed by atoms with E-state index in [1.807, 2.05) is 12.1 Å². The lowest BCUT2D eigenvalue weighted by molar-refractivity contribution is 0.203. The third kappa shape index (κ3) is 6.69. The van der Waals surface area contributed by atoms with E-state index in [4.69, 9.17) is 9.73 Å². The fourth-order valence-electron chi connectivity index (χ4n) is 6.03. The first-order valence-corrected chi connectivity index (χ1v) is 14.8. The Morgan fingerprint density at radius 3 is 2.02 bits per heavy atom. The van der Waals surface area contributed by atoms with Gasteiger partial charge in [0.1, 0.15) is 28.7 Å². The number of nitrogens with one attached hydrogen (secondary N) is 2. The van der Waals surface area contributed by atoms with Gasteiger partial charge in [-0.15, -0.1) is 0 Å². The van der Waals surface area contributed by atoms with Crippen molar-refractivity contribution in [3.8, 4) is 11.5 Å². The molecule has 3 N–H and O–H groups in total. The highest BCUT2D eigenvalue weighted by molar-refractivity contribution is 6.02. The highest BCUT2D eigenvalue weighted by Gasteiger charge is 2.43. The van der Waals surface area contributed by atoms with Crippen LogP contribution < -0.4 is 15.4 Å². The van der Waals surface area contributed by atoms with Crippen LogP contribution in [0.25, 0.3) is 0 Å². The normalized spacial score (nSPS) is 20.6. The van der Waals surface area contributed by atoms with Crippen LogP contribution in [0.3, 0.4) is 0 Å².